The van der Waals surface area contributed by atoms with Crippen LogP contribution in [-0.4, -0.2) is 21.8 Å². The van der Waals surface area contributed by atoms with Gasteiger partial charge in [0.2, 0.25) is 11.6 Å². The van der Waals surface area contributed by atoms with Gasteiger partial charge in [0.1, 0.15) is 11.3 Å². The number of rotatable bonds is 1. The van der Waals surface area contributed by atoms with Crippen molar-refractivity contribution in [2.24, 2.45) is 0 Å². The molecule has 2 aromatic rings. The molecule has 0 aliphatic carbocycles. The van der Waals surface area contributed by atoms with E-state index < -0.39 is 29.2 Å². The molecule has 0 saturated carbocycles. The number of aromatic hydroxyl groups is 2. The summed E-state index contributed by atoms with van der Waals surface area (Å²) >= 11 is 0. The van der Waals surface area contributed by atoms with E-state index in [1.807, 2.05) is 0 Å². The Morgan fingerprint density at radius 2 is 1.65 bits per heavy atom. The Bertz CT molecular complexity index is 706. The van der Waals surface area contributed by atoms with Crippen LogP contribution in [-0.2, 0) is 4.79 Å². The van der Waals surface area contributed by atoms with Crippen LogP contribution in [0.5, 0.6) is 17.2 Å². The van der Waals surface area contributed by atoms with Gasteiger partial charge in [-0.15, -0.1) is 0 Å². The maximum Gasteiger partial charge on any atom is 0.248 e. The Balaban J connectivity index is 2.11. The monoisotopic (exact) mass is 270 g/mol. The van der Waals surface area contributed by atoms with Crippen LogP contribution in [0.1, 0.15) is 22.0 Å². The van der Waals surface area contributed by atoms with Crippen LogP contribution in [0.4, 0.5) is 0 Å². The number of phenolic OH excluding ortho intramolecular Hbond substituents is 2. The summed E-state index contributed by atoms with van der Waals surface area (Å²) in [6.45, 7) is 0. The molecule has 20 heavy (non-hydrogen) atoms. The summed E-state index contributed by atoms with van der Waals surface area (Å²) in [5.74, 6) is -2.66. The molecule has 0 amide bonds. The first-order chi connectivity index (χ1) is 9.59. The van der Waals surface area contributed by atoms with Crippen LogP contribution in [0, 0.1) is 0 Å². The lowest BCUT2D eigenvalue weighted by molar-refractivity contribution is -0.122. The minimum atomic E-state index is -1.03. The molecule has 2 aromatic carbocycles. The van der Waals surface area contributed by atoms with Crippen molar-refractivity contribution in [1.29, 1.82) is 0 Å². The van der Waals surface area contributed by atoms with E-state index in [4.69, 9.17) is 4.74 Å². The number of carbonyl (C=O) groups is 2. The summed E-state index contributed by atoms with van der Waals surface area (Å²) in [6.07, 6.45) is -1.03. The highest BCUT2D eigenvalue weighted by Crippen LogP contribution is 2.41. The second kappa shape index (κ2) is 4.38. The van der Waals surface area contributed by atoms with Crippen molar-refractivity contribution in [2.45, 2.75) is 6.10 Å². The van der Waals surface area contributed by atoms with Gasteiger partial charge in [0.05, 0.1) is 0 Å². The van der Waals surface area contributed by atoms with Crippen molar-refractivity contribution in [1.82, 2.24) is 0 Å². The lowest BCUT2D eigenvalue weighted by atomic mass is 9.94. The fraction of sp³-hybridized carbons (Fsp3) is 0.0667. The molecule has 3 rings (SSSR count). The summed E-state index contributed by atoms with van der Waals surface area (Å²) in [7, 11) is 0. The predicted octanol–water partition coefficient (Wildman–Crippen LogP) is 1.98. The van der Waals surface area contributed by atoms with Gasteiger partial charge < -0.3 is 14.9 Å². The number of hydrogen-bond acceptors (Lipinski definition) is 5. The van der Waals surface area contributed by atoms with Crippen molar-refractivity contribution in [2.75, 3.05) is 0 Å². The van der Waals surface area contributed by atoms with Gasteiger partial charge in [0.25, 0.3) is 0 Å². The number of hydrogen-bond donors (Lipinski definition) is 2. The Morgan fingerprint density at radius 1 is 0.950 bits per heavy atom. The highest BCUT2D eigenvalue weighted by molar-refractivity contribution is 6.47. The van der Waals surface area contributed by atoms with Gasteiger partial charge in [0, 0.05) is 5.56 Å². The van der Waals surface area contributed by atoms with Gasteiger partial charge in [-0.3, -0.25) is 9.59 Å². The van der Waals surface area contributed by atoms with Gasteiger partial charge in [0.15, 0.2) is 17.6 Å². The Hall–Kier alpha value is -2.82. The van der Waals surface area contributed by atoms with Crippen LogP contribution >= 0.6 is 0 Å². The maximum absolute atomic E-state index is 12.1. The van der Waals surface area contributed by atoms with E-state index >= 15 is 0 Å². The Kier molecular flexibility index (Phi) is 2.68. The average Bonchev–Trinajstić information content (AvgIpc) is 2.47. The van der Waals surface area contributed by atoms with Crippen molar-refractivity contribution in [3.63, 3.8) is 0 Å². The summed E-state index contributed by atoms with van der Waals surface area (Å²) in [4.78, 5) is 24.2. The van der Waals surface area contributed by atoms with E-state index in [1.54, 1.807) is 30.3 Å². The second-order valence-electron chi connectivity index (χ2n) is 4.41. The topological polar surface area (TPSA) is 83.8 Å². The van der Waals surface area contributed by atoms with Crippen LogP contribution in [0.3, 0.4) is 0 Å². The zero-order valence-electron chi connectivity index (χ0n) is 10.2. The third-order valence-electron chi connectivity index (χ3n) is 3.15. The fourth-order valence-corrected chi connectivity index (χ4v) is 2.15. The van der Waals surface area contributed by atoms with Crippen molar-refractivity contribution >= 4 is 11.6 Å². The number of phenols is 2. The molecule has 5 heteroatoms. The van der Waals surface area contributed by atoms with E-state index in [0.717, 1.165) is 0 Å². The molecule has 1 heterocycles. The smallest absolute Gasteiger partial charge is 0.248 e. The molecule has 0 saturated heterocycles. The molecule has 100 valence electrons. The van der Waals surface area contributed by atoms with E-state index in [2.05, 4.69) is 0 Å². The van der Waals surface area contributed by atoms with Crippen molar-refractivity contribution < 1.29 is 24.5 Å². The first-order valence-electron chi connectivity index (χ1n) is 5.94. The molecule has 0 bridgehead atoms. The minimum Gasteiger partial charge on any atom is -0.504 e. The van der Waals surface area contributed by atoms with Crippen LogP contribution in [0.15, 0.2) is 42.5 Å². The molecule has 0 spiro atoms. The van der Waals surface area contributed by atoms with E-state index in [1.165, 1.54) is 12.1 Å². The van der Waals surface area contributed by atoms with E-state index in [9.17, 15) is 19.8 Å². The summed E-state index contributed by atoms with van der Waals surface area (Å²) in [5, 5.41) is 19.1. The normalized spacial score (nSPS) is 17.5. The number of ketones is 2. The number of fused-ring (bicyclic) bond motifs is 1. The third-order valence-corrected chi connectivity index (χ3v) is 3.15. The first-order valence-corrected chi connectivity index (χ1v) is 5.94. The Labute approximate surface area is 114 Å². The number of carbonyl (C=O) groups excluding carboxylic acids is 2. The summed E-state index contributed by atoms with van der Waals surface area (Å²) < 4.78 is 5.50. The zero-order valence-corrected chi connectivity index (χ0v) is 10.2. The number of benzene rings is 2. The molecule has 1 unspecified atom stereocenters. The maximum atomic E-state index is 12.1. The van der Waals surface area contributed by atoms with Crippen LogP contribution in [0.2, 0.25) is 0 Å². The van der Waals surface area contributed by atoms with Gasteiger partial charge in [-0.2, -0.15) is 0 Å². The summed E-state index contributed by atoms with van der Waals surface area (Å²) in [6, 6.07) is 11.2. The predicted molar refractivity (Wildman–Crippen MR) is 68.9 cm³/mol. The molecule has 1 aliphatic rings. The van der Waals surface area contributed by atoms with Crippen molar-refractivity contribution in [3.05, 3.63) is 53.6 Å². The Morgan fingerprint density at radius 3 is 2.35 bits per heavy atom. The largest absolute Gasteiger partial charge is 0.504 e. The van der Waals surface area contributed by atoms with E-state index in [0.29, 0.717) is 5.56 Å². The molecule has 1 aliphatic heterocycles. The number of ether oxygens (including phenoxy) is 1. The minimum absolute atomic E-state index is 0.0822. The SMILES string of the molecule is O=C1C(=O)C(c2ccccc2)Oc2ccc(O)c(O)c21. The molecule has 0 radical (unpaired) electrons. The number of Topliss-reactive ketones (excluding diaryl/α,β-unsaturated/α-hetero) is 2. The van der Waals surface area contributed by atoms with Gasteiger partial charge in [-0.25, -0.2) is 0 Å². The average molecular weight is 270 g/mol. The second-order valence-corrected chi connectivity index (χ2v) is 4.41. The van der Waals surface area contributed by atoms with Gasteiger partial charge >= 0.3 is 0 Å². The molecule has 0 aromatic heterocycles. The molecule has 1 atom stereocenters. The summed E-state index contributed by atoms with van der Waals surface area (Å²) in [5.41, 5.74) is 0.270. The van der Waals surface area contributed by atoms with Gasteiger partial charge in [-0.1, -0.05) is 30.3 Å². The quantitative estimate of drug-likeness (QED) is 0.611. The molecular formula is C15H10O5. The third kappa shape index (κ3) is 1.72. The molecular weight excluding hydrogens is 260 g/mol. The molecule has 5 nitrogen and oxygen atoms in total. The van der Waals surface area contributed by atoms with Gasteiger partial charge in [-0.05, 0) is 12.1 Å². The fourth-order valence-electron chi connectivity index (χ4n) is 2.15. The lowest BCUT2D eigenvalue weighted by Crippen LogP contribution is -2.31. The van der Waals surface area contributed by atoms with Crippen LogP contribution < -0.4 is 4.74 Å². The molecule has 2 N–H and O–H groups in total. The molecule has 0 fully saturated rings. The van der Waals surface area contributed by atoms with E-state index in [-0.39, 0.29) is 11.3 Å². The standard InChI is InChI=1S/C15H10O5/c16-9-6-7-10-11(12(9)17)13(18)14(19)15(20-10)8-4-2-1-3-5-8/h1-7,15-17H. The van der Waals surface area contributed by atoms with Crippen molar-refractivity contribution in [3.8, 4) is 17.2 Å². The zero-order chi connectivity index (χ0) is 14.3. The first kappa shape index (κ1) is 12.2. The highest BCUT2D eigenvalue weighted by Gasteiger charge is 2.38. The van der Waals surface area contributed by atoms with Crippen LogP contribution in [0.25, 0.3) is 0 Å². The highest BCUT2D eigenvalue weighted by atomic mass is 16.5. The lowest BCUT2D eigenvalue weighted by Gasteiger charge is -2.24.